The Balaban J connectivity index is 0.808. The van der Waals surface area contributed by atoms with Gasteiger partial charge in [-0.05, 0) is 62.9 Å². The number of carbonyl (C=O) groups excluding carboxylic acids is 3. The number of aromatic nitrogens is 2. The first kappa shape index (κ1) is 42.3. The second kappa shape index (κ2) is 18.3. The zero-order chi connectivity index (χ0) is 42.7. The Kier molecular flexibility index (Phi) is 12.7. The lowest BCUT2D eigenvalue weighted by Crippen LogP contribution is -2.53. The Morgan fingerprint density at radius 3 is 2.38 bits per heavy atom. The van der Waals surface area contributed by atoms with Crippen LogP contribution in [0.15, 0.2) is 66.9 Å². The lowest BCUT2D eigenvalue weighted by Gasteiger charge is -2.43. The number of anilines is 5. The fourth-order valence-electron chi connectivity index (χ4n) is 8.66. The highest BCUT2D eigenvalue weighted by Gasteiger charge is 2.39. The van der Waals surface area contributed by atoms with Crippen molar-refractivity contribution in [1.82, 2.24) is 29.8 Å². The van der Waals surface area contributed by atoms with Gasteiger partial charge in [0.25, 0.3) is 0 Å². The van der Waals surface area contributed by atoms with Crippen molar-refractivity contribution in [3.05, 3.63) is 83.0 Å². The van der Waals surface area contributed by atoms with Crippen molar-refractivity contribution in [3.63, 3.8) is 0 Å². The van der Waals surface area contributed by atoms with Crippen molar-refractivity contribution < 1.29 is 28.4 Å². The van der Waals surface area contributed by atoms with Crippen LogP contribution in [0.25, 0.3) is 5.70 Å². The molecule has 0 radical (unpaired) electrons. The molecule has 3 aromatic carbocycles. The van der Waals surface area contributed by atoms with E-state index in [0.29, 0.717) is 63.9 Å². The molecule has 2 amide bonds. The summed E-state index contributed by atoms with van der Waals surface area (Å²) in [6, 6.07) is 19.6. The summed E-state index contributed by atoms with van der Waals surface area (Å²) < 4.78 is 25.0. The summed E-state index contributed by atoms with van der Waals surface area (Å²) in [5, 5.41) is 10.1. The quantitative estimate of drug-likeness (QED) is 0.0921. The molecule has 0 saturated carbocycles. The number of piperidine rings is 2. The van der Waals surface area contributed by atoms with E-state index in [0.717, 1.165) is 80.6 Å². The zero-order valence-corrected chi connectivity index (χ0v) is 36.4. The molecule has 0 spiro atoms. The topological polar surface area (TPSA) is 153 Å². The maximum absolute atomic E-state index is 12.9. The number of carbonyl (C=O) groups is 2. The number of amides is 2. The van der Waals surface area contributed by atoms with E-state index in [1.54, 1.807) is 20.4 Å². The highest BCUT2D eigenvalue weighted by Crippen LogP contribution is 2.41. The van der Waals surface area contributed by atoms with Gasteiger partial charge in [-0.15, -0.1) is 0 Å². The molecular weight excluding hydrogens is 817 g/mol. The molecule has 2 N–H and O–H groups in total. The number of hydrogen-bond acceptors (Lipinski definition) is 14. The minimum Gasteiger partial charge on any atom is -0.494 e. The Bertz CT molecular complexity index is 2370. The van der Waals surface area contributed by atoms with Gasteiger partial charge in [-0.1, -0.05) is 35.9 Å². The molecule has 15 nitrogen and oxygen atoms in total. The fourth-order valence-corrected chi connectivity index (χ4v) is 9.95. The van der Waals surface area contributed by atoms with Gasteiger partial charge in [-0.3, -0.25) is 24.4 Å². The van der Waals surface area contributed by atoms with Gasteiger partial charge < -0.3 is 29.6 Å². The Hall–Kier alpha value is -5.43. The molecule has 0 atom stereocenters. The zero-order valence-electron chi connectivity index (χ0n) is 34.7. The number of nitrogens with one attached hydrogen (secondary N) is 2. The second-order valence-electron chi connectivity index (χ2n) is 16.1. The number of ether oxygens (including phenoxy) is 2. The largest absolute Gasteiger partial charge is 0.494 e. The molecule has 1 aromatic heterocycles. The number of halogens is 1. The maximum atomic E-state index is 12.9. The molecule has 0 bridgehead atoms. The number of benzene rings is 3. The first-order valence-electron chi connectivity index (χ1n) is 20.7. The van der Waals surface area contributed by atoms with E-state index in [1.165, 1.54) is 11.2 Å². The number of hydrazine groups is 1. The van der Waals surface area contributed by atoms with Gasteiger partial charge in [-0.25, -0.2) is 9.78 Å². The lowest BCUT2D eigenvalue weighted by molar-refractivity contribution is -0.162. The van der Waals surface area contributed by atoms with Gasteiger partial charge in [0.1, 0.15) is 36.0 Å². The number of rotatable bonds is 13. The molecule has 4 aliphatic rings. The molecule has 3 fully saturated rings. The smallest absolute Gasteiger partial charge is 0.248 e. The van der Waals surface area contributed by atoms with Crippen LogP contribution < -0.4 is 30.3 Å². The summed E-state index contributed by atoms with van der Waals surface area (Å²) >= 11 is 6.48. The van der Waals surface area contributed by atoms with E-state index >= 15 is 0 Å². The van der Waals surface area contributed by atoms with Crippen LogP contribution in [-0.4, -0.2) is 126 Å². The van der Waals surface area contributed by atoms with E-state index in [-0.39, 0.29) is 36.9 Å². The third-order valence-corrected chi connectivity index (χ3v) is 13.7. The highest BCUT2D eigenvalue weighted by atomic mass is 35.5. The van der Waals surface area contributed by atoms with Crippen molar-refractivity contribution in [1.29, 1.82) is 0 Å². The van der Waals surface area contributed by atoms with E-state index in [4.69, 9.17) is 21.1 Å². The molecule has 8 rings (SSSR count). The van der Waals surface area contributed by atoms with Gasteiger partial charge in [0.2, 0.25) is 17.8 Å². The van der Waals surface area contributed by atoms with Crippen LogP contribution in [0.4, 0.5) is 28.8 Å². The molecule has 0 aliphatic carbocycles. The number of imide groups is 1. The number of hydrogen-bond donors (Lipinski definition) is 2. The van der Waals surface area contributed by atoms with Gasteiger partial charge in [-0.2, -0.15) is 9.99 Å². The fraction of sp³-hybridized carbons (Fsp3) is 0.409. The Labute approximate surface area is 361 Å². The van der Waals surface area contributed by atoms with E-state index in [9.17, 15) is 18.9 Å². The van der Waals surface area contributed by atoms with E-state index in [2.05, 4.69) is 41.4 Å². The van der Waals surface area contributed by atoms with Crippen molar-refractivity contribution >= 4 is 76.3 Å². The van der Waals surface area contributed by atoms with Crippen LogP contribution in [0.1, 0.15) is 43.2 Å². The Morgan fingerprint density at radius 2 is 1.66 bits per heavy atom. The van der Waals surface area contributed by atoms with Crippen molar-refractivity contribution in [2.24, 2.45) is 0 Å². The number of piperazine rings is 1. The summed E-state index contributed by atoms with van der Waals surface area (Å²) in [5.41, 5.74) is 4.12. The van der Waals surface area contributed by atoms with Crippen LogP contribution in [0.3, 0.4) is 0 Å². The second-order valence-corrected chi connectivity index (χ2v) is 19.7. The van der Waals surface area contributed by atoms with Crippen LogP contribution >= 0.6 is 18.7 Å². The summed E-state index contributed by atoms with van der Waals surface area (Å²) in [6.45, 7) is 10.7. The first-order valence-corrected chi connectivity index (χ1v) is 23.7. The van der Waals surface area contributed by atoms with Crippen LogP contribution in [-0.2, 0) is 25.5 Å². The maximum Gasteiger partial charge on any atom is 0.248 e. The number of nitrogens with zero attached hydrogens (tertiary/aromatic N) is 7. The van der Waals surface area contributed by atoms with Gasteiger partial charge in [0, 0.05) is 92.9 Å². The van der Waals surface area contributed by atoms with Gasteiger partial charge in [0.05, 0.1) is 31.2 Å². The van der Waals surface area contributed by atoms with Crippen LogP contribution in [0.2, 0.25) is 5.02 Å². The van der Waals surface area contributed by atoms with Crippen LogP contribution in [0.5, 0.6) is 11.5 Å². The van der Waals surface area contributed by atoms with Gasteiger partial charge in [0.15, 0.2) is 11.8 Å². The minimum atomic E-state index is -2.55. The molecule has 17 heteroatoms. The van der Waals surface area contributed by atoms with Gasteiger partial charge >= 0.3 is 0 Å². The summed E-state index contributed by atoms with van der Waals surface area (Å²) in [4.78, 5) is 53.8. The van der Waals surface area contributed by atoms with Crippen molar-refractivity contribution in [2.75, 3.05) is 88.4 Å². The average molecular weight is 868 g/mol. The minimum absolute atomic E-state index is 0.192. The Morgan fingerprint density at radius 1 is 0.902 bits per heavy atom. The molecule has 3 saturated heterocycles. The molecular formula is C44H51ClN9O6P. The molecule has 5 heterocycles. The van der Waals surface area contributed by atoms with Crippen LogP contribution in [0, 0.1) is 0 Å². The third kappa shape index (κ3) is 9.27. The summed E-state index contributed by atoms with van der Waals surface area (Å²) in [6.07, 6.45) is 4.73. The lowest BCUT2D eigenvalue weighted by atomic mass is 10.0. The standard InChI is InChI=1S/C44H51ClN9O6P/c1-59-39-26-31(14-15-35(39)48-44-46-27-34(45)43(49-44)47-36-9-4-5-11-40(36)61(2,3)58)51-18-16-30(17-19-51)52-22-20-50(21-23-52)24-25-60-38-10-6-8-32-33(38)28-53(37(32)29-55)54-41(56)12-7-13-42(54)57/h4-6,8-11,14-15,26-27,30H,7,12-13,16-25,28H2,1-3H3,(H2,46,47,48,49). The van der Waals surface area contributed by atoms with Crippen molar-refractivity contribution in [3.8, 4) is 11.5 Å². The molecule has 4 aliphatic heterocycles. The highest BCUT2D eigenvalue weighted by molar-refractivity contribution is 7.70. The van der Waals surface area contributed by atoms with Crippen molar-refractivity contribution in [2.45, 2.75) is 44.7 Å². The normalized spacial score (nSPS) is 18.0. The molecule has 4 aromatic rings. The predicted octanol–water partition coefficient (Wildman–Crippen LogP) is 5.98. The van der Waals surface area contributed by atoms with E-state index < -0.39 is 7.14 Å². The first-order chi connectivity index (χ1) is 29.5. The monoisotopic (exact) mass is 867 g/mol. The average Bonchev–Trinajstić information content (AvgIpc) is 3.64. The summed E-state index contributed by atoms with van der Waals surface area (Å²) in [7, 11) is -0.903. The summed E-state index contributed by atoms with van der Waals surface area (Å²) in [5.74, 6) is 3.43. The predicted molar refractivity (Wildman–Crippen MR) is 238 cm³/mol. The third-order valence-electron chi connectivity index (χ3n) is 11.9. The number of fused-ring (bicyclic) bond motifs is 1. The van der Waals surface area contributed by atoms with E-state index in [1.807, 2.05) is 60.5 Å². The molecule has 320 valence electrons. The SMILES string of the molecule is COc1cc(N2CCC(N3CCN(CCOc4cccc5c4CN(N4C(=O)CCCC4=O)C5=C=O)CC3)CC2)ccc1Nc1ncc(Cl)c(Nc2ccccc2P(C)(C)=O)n1. The molecule has 61 heavy (non-hydrogen) atoms. The molecule has 0 unspecified atom stereocenters. The number of para-hydroxylation sites is 1. The number of methoxy groups -OCH3 is 1.